The van der Waals surface area contributed by atoms with Crippen LogP contribution in [0.3, 0.4) is 0 Å². The van der Waals surface area contributed by atoms with Crippen molar-refractivity contribution in [3.8, 4) is 5.75 Å². The monoisotopic (exact) mass is 255 g/mol. The first-order valence-corrected chi connectivity index (χ1v) is 5.74. The Morgan fingerprint density at radius 2 is 1.79 bits per heavy atom. The molecule has 96 valence electrons. The molecule has 0 aliphatic carbocycles. The summed E-state index contributed by atoms with van der Waals surface area (Å²) in [5, 5.41) is 2.75. The predicted octanol–water partition coefficient (Wildman–Crippen LogP) is 2.76. The summed E-state index contributed by atoms with van der Waals surface area (Å²) in [6.45, 7) is 0. The molecule has 1 N–H and O–H groups in total. The molecule has 2 aromatic rings. The molecule has 0 aromatic heterocycles. The maximum Gasteiger partial charge on any atom is 0.259 e. The van der Waals surface area contributed by atoms with Crippen LogP contribution in [0, 0.1) is 0 Å². The zero-order valence-electron chi connectivity index (χ0n) is 10.4. The van der Waals surface area contributed by atoms with Gasteiger partial charge >= 0.3 is 0 Å². The number of ether oxygens (including phenoxy) is 1. The highest BCUT2D eigenvalue weighted by Crippen LogP contribution is 2.19. The number of anilines is 1. The Bertz CT molecular complexity index is 591. The minimum atomic E-state index is -0.253. The summed E-state index contributed by atoms with van der Waals surface area (Å²) in [7, 11) is 1.52. The van der Waals surface area contributed by atoms with Crippen molar-refractivity contribution in [3.63, 3.8) is 0 Å². The van der Waals surface area contributed by atoms with Crippen molar-refractivity contribution in [2.45, 2.75) is 0 Å². The lowest BCUT2D eigenvalue weighted by molar-refractivity contribution is 0.102. The van der Waals surface area contributed by atoms with Crippen LogP contribution in [0.5, 0.6) is 5.75 Å². The van der Waals surface area contributed by atoms with Crippen LogP contribution < -0.4 is 10.1 Å². The second-order valence-electron chi connectivity index (χ2n) is 3.89. The summed E-state index contributed by atoms with van der Waals surface area (Å²) >= 11 is 0. The van der Waals surface area contributed by atoms with Gasteiger partial charge in [-0.05, 0) is 36.4 Å². The van der Waals surface area contributed by atoms with Crippen LogP contribution in [0.15, 0.2) is 48.5 Å². The Labute approximate surface area is 111 Å². The highest BCUT2D eigenvalue weighted by Gasteiger charge is 2.11. The van der Waals surface area contributed by atoms with Gasteiger partial charge in [-0.25, -0.2) is 0 Å². The molecular weight excluding hydrogens is 242 g/mol. The number of rotatable bonds is 4. The van der Waals surface area contributed by atoms with Crippen molar-refractivity contribution in [1.29, 1.82) is 0 Å². The third-order valence-corrected chi connectivity index (χ3v) is 2.66. The standard InChI is InChI=1S/C15H13NO3/c1-19-14-5-3-2-4-13(14)15(18)16-12-8-6-11(10-17)7-9-12/h2-10H,1H3,(H,16,18). The molecule has 0 aliphatic rings. The molecule has 0 heterocycles. The molecule has 0 aliphatic heterocycles. The molecule has 0 saturated heterocycles. The average molecular weight is 255 g/mol. The van der Waals surface area contributed by atoms with Crippen molar-refractivity contribution in [1.82, 2.24) is 0 Å². The fraction of sp³-hybridized carbons (Fsp3) is 0.0667. The minimum absolute atomic E-state index is 0.253. The lowest BCUT2D eigenvalue weighted by atomic mass is 10.1. The van der Waals surface area contributed by atoms with Crippen LogP contribution in [0.1, 0.15) is 20.7 Å². The Hall–Kier alpha value is -2.62. The summed E-state index contributed by atoms with van der Waals surface area (Å²) < 4.78 is 5.13. The van der Waals surface area contributed by atoms with Gasteiger partial charge in [0.1, 0.15) is 12.0 Å². The van der Waals surface area contributed by atoms with Gasteiger partial charge in [0.15, 0.2) is 0 Å². The SMILES string of the molecule is COc1ccccc1C(=O)Nc1ccc(C=O)cc1. The van der Waals surface area contributed by atoms with E-state index in [0.717, 1.165) is 6.29 Å². The number of hydrogen-bond acceptors (Lipinski definition) is 3. The molecule has 4 nitrogen and oxygen atoms in total. The van der Waals surface area contributed by atoms with Gasteiger partial charge in [-0.3, -0.25) is 9.59 Å². The Morgan fingerprint density at radius 1 is 1.11 bits per heavy atom. The molecule has 0 saturated carbocycles. The summed E-state index contributed by atoms with van der Waals surface area (Å²) in [5.74, 6) is 0.265. The third-order valence-electron chi connectivity index (χ3n) is 2.66. The van der Waals surface area contributed by atoms with Gasteiger partial charge < -0.3 is 10.1 Å². The smallest absolute Gasteiger partial charge is 0.259 e. The first-order valence-electron chi connectivity index (χ1n) is 5.74. The van der Waals surface area contributed by atoms with E-state index in [0.29, 0.717) is 22.6 Å². The molecule has 0 unspecified atom stereocenters. The summed E-state index contributed by atoms with van der Waals surface area (Å²) in [4.78, 5) is 22.6. The first-order chi connectivity index (χ1) is 9.24. The van der Waals surface area contributed by atoms with Crippen molar-refractivity contribution >= 4 is 17.9 Å². The summed E-state index contributed by atoms with van der Waals surface area (Å²) in [5.41, 5.74) is 1.65. The molecular formula is C15H13NO3. The number of carbonyl (C=O) groups is 2. The fourth-order valence-corrected chi connectivity index (χ4v) is 1.68. The van der Waals surface area contributed by atoms with Gasteiger partial charge in [0.25, 0.3) is 5.91 Å². The molecule has 4 heteroatoms. The van der Waals surface area contributed by atoms with Gasteiger partial charge in [0.2, 0.25) is 0 Å². The van der Waals surface area contributed by atoms with E-state index >= 15 is 0 Å². The second kappa shape index (κ2) is 5.82. The maximum atomic E-state index is 12.1. The Morgan fingerprint density at radius 3 is 2.42 bits per heavy atom. The van der Waals surface area contributed by atoms with E-state index in [-0.39, 0.29) is 5.91 Å². The van der Waals surface area contributed by atoms with E-state index in [1.165, 1.54) is 7.11 Å². The third kappa shape index (κ3) is 2.98. The summed E-state index contributed by atoms with van der Waals surface area (Å²) in [6, 6.07) is 13.6. The number of amides is 1. The summed E-state index contributed by atoms with van der Waals surface area (Å²) in [6.07, 6.45) is 0.756. The van der Waals surface area contributed by atoms with Crippen LogP contribution in [0.2, 0.25) is 0 Å². The van der Waals surface area contributed by atoms with Crippen LogP contribution in [0.4, 0.5) is 5.69 Å². The molecule has 0 atom stereocenters. The zero-order chi connectivity index (χ0) is 13.7. The predicted molar refractivity (Wildman–Crippen MR) is 72.8 cm³/mol. The van der Waals surface area contributed by atoms with E-state index in [2.05, 4.69) is 5.32 Å². The van der Waals surface area contributed by atoms with E-state index in [9.17, 15) is 9.59 Å². The van der Waals surface area contributed by atoms with E-state index in [1.54, 1.807) is 48.5 Å². The highest BCUT2D eigenvalue weighted by atomic mass is 16.5. The zero-order valence-corrected chi connectivity index (χ0v) is 10.4. The lowest BCUT2D eigenvalue weighted by Crippen LogP contribution is -2.13. The molecule has 0 radical (unpaired) electrons. The number of carbonyl (C=O) groups excluding carboxylic acids is 2. The fourth-order valence-electron chi connectivity index (χ4n) is 1.68. The second-order valence-corrected chi connectivity index (χ2v) is 3.89. The van der Waals surface area contributed by atoms with Gasteiger partial charge in [-0.2, -0.15) is 0 Å². The molecule has 2 rings (SSSR count). The lowest BCUT2D eigenvalue weighted by Gasteiger charge is -2.09. The molecule has 0 bridgehead atoms. The van der Waals surface area contributed by atoms with Gasteiger partial charge in [0.05, 0.1) is 12.7 Å². The van der Waals surface area contributed by atoms with Crippen LogP contribution in [-0.2, 0) is 0 Å². The number of nitrogens with one attached hydrogen (secondary N) is 1. The van der Waals surface area contributed by atoms with Crippen molar-refractivity contribution in [2.75, 3.05) is 12.4 Å². The maximum absolute atomic E-state index is 12.1. The van der Waals surface area contributed by atoms with E-state index in [4.69, 9.17) is 4.74 Å². The number of para-hydroxylation sites is 1. The number of hydrogen-bond donors (Lipinski definition) is 1. The van der Waals surface area contributed by atoms with E-state index < -0.39 is 0 Å². The first kappa shape index (κ1) is 12.8. The number of methoxy groups -OCH3 is 1. The number of aldehydes is 1. The molecule has 2 aromatic carbocycles. The van der Waals surface area contributed by atoms with Crippen molar-refractivity contribution in [2.24, 2.45) is 0 Å². The molecule has 0 fully saturated rings. The Balaban J connectivity index is 2.18. The Kier molecular flexibility index (Phi) is 3.93. The van der Waals surface area contributed by atoms with Gasteiger partial charge in [0, 0.05) is 11.3 Å². The quantitative estimate of drug-likeness (QED) is 0.855. The molecule has 1 amide bonds. The van der Waals surface area contributed by atoms with Gasteiger partial charge in [-0.15, -0.1) is 0 Å². The molecule has 0 spiro atoms. The highest BCUT2D eigenvalue weighted by molar-refractivity contribution is 6.06. The van der Waals surface area contributed by atoms with Crippen molar-refractivity contribution in [3.05, 3.63) is 59.7 Å². The normalized spacial score (nSPS) is 9.74. The van der Waals surface area contributed by atoms with Crippen LogP contribution in [-0.4, -0.2) is 19.3 Å². The van der Waals surface area contributed by atoms with Gasteiger partial charge in [-0.1, -0.05) is 12.1 Å². The van der Waals surface area contributed by atoms with Crippen molar-refractivity contribution < 1.29 is 14.3 Å². The van der Waals surface area contributed by atoms with E-state index in [1.807, 2.05) is 0 Å². The number of benzene rings is 2. The molecule has 19 heavy (non-hydrogen) atoms. The van der Waals surface area contributed by atoms with Crippen LogP contribution >= 0.6 is 0 Å². The largest absolute Gasteiger partial charge is 0.496 e. The minimum Gasteiger partial charge on any atom is -0.496 e. The topological polar surface area (TPSA) is 55.4 Å². The van der Waals surface area contributed by atoms with Crippen LogP contribution in [0.25, 0.3) is 0 Å². The average Bonchev–Trinajstić information content (AvgIpc) is 2.48.